The number of likely N-dealkylation sites (N-methyl/N-ethyl adjacent to an activating group) is 2. The van der Waals surface area contributed by atoms with E-state index in [-0.39, 0.29) is 6.04 Å². The average molecular weight is 298 g/mol. The lowest BCUT2D eigenvalue weighted by molar-refractivity contribution is 0.204. The second-order valence-corrected chi connectivity index (χ2v) is 6.17. The lowest BCUT2D eigenvalue weighted by Crippen LogP contribution is -2.38. The van der Waals surface area contributed by atoms with Gasteiger partial charge in [0, 0.05) is 24.2 Å². The van der Waals surface area contributed by atoms with Crippen LogP contribution in [0, 0.1) is 17.6 Å². The Balaban J connectivity index is 2.84. The van der Waals surface area contributed by atoms with E-state index in [4.69, 9.17) is 0 Å². The Labute approximate surface area is 127 Å². The van der Waals surface area contributed by atoms with Crippen LogP contribution in [0.3, 0.4) is 0 Å². The summed E-state index contributed by atoms with van der Waals surface area (Å²) >= 11 is 0. The van der Waals surface area contributed by atoms with Gasteiger partial charge in [0.2, 0.25) is 0 Å². The molecule has 0 radical (unpaired) electrons. The summed E-state index contributed by atoms with van der Waals surface area (Å²) in [5.41, 5.74) is 0.403. The van der Waals surface area contributed by atoms with E-state index >= 15 is 0 Å². The fourth-order valence-corrected chi connectivity index (χ4v) is 2.64. The summed E-state index contributed by atoms with van der Waals surface area (Å²) in [6.07, 6.45) is 1.08. The molecule has 4 heteroatoms. The van der Waals surface area contributed by atoms with Gasteiger partial charge in [0.1, 0.15) is 0 Å². The van der Waals surface area contributed by atoms with Crippen molar-refractivity contribution in [2.24, 2.45) is 5.92 Å². The van der Waals surface area contributed by atoms with Crippen LogP contribution in [0.5, 0.6) is 0 Å². The van der Waals surface area contributed by atoms with Crippen molar-refractivity contribution in [2.75, 3.05) is 20.1 Å². The highest BCUT2D eigenvalue weighted by Gasteiger charge is 2.21. The summed E-state index contributed by atoms with van der Waals surface area (Å²) in [6, 6.07) is 4.59. The highest BCUT2D eigenvalue weighted by atomic mass is 19.2. The van der Waals surface area contributed by atoms with Crippen molar-refractivity contribution in [3.63, 3.8) is 0 Å². The van der Waals surface area contributed by atoms with E-state index in [2.05, 4.69) is 31.0 Å². The predicted octanol–water partition coefficient (Wildman–Crippen LogP) is 3.98. The normalized spacial score (nSPS) is 14.7. The van der Waals surface area contributed by atoms with Gasteiger partial charge >= 0.3 is 0 Å². The minimum atomic E-state index is -0.784. The van der Waals surface area contributed by atoms with Crippen LogP contribution in [0.15, 0.2) is 18.2 Å². The third-order valence-corrected chi connectivity index (χ3v) is 3.84. The number of hydrogen-bond acceptors (Lipinski definition) is 2. The highest BCUT2D eigenvalue weighted by Crippen LogP contribution is 2.21. The zero-order chi connectivity index (χ0) is 16.0. The van der Waals surface area contributed by atoms with Gasteiger partial charge in [0.25, 0.3) is 0 Å². The van der Waals surface area contributed by atoms with Crippen LogP contribution in [0.25, 0.3) is 0 Å². The minimum absolute atomic E-state index is 0.203. The first-order valence-electron chi connectivity index (χ1n) is 7.74. The molecule has 120 valence electrons. The standard InChI is InChI=1S/C17H28F2N2/c1-6-20-16(11-21(5)13(4)10-12(2)3)14-8-7-9-15(18)17(14)19/h7-9,12-13,16,20H,6,10-11H2,1-5H3. The fraction of sp³-hybridized carbons (Fsp3) is 0.647. The first kappa shape index (κ1) is 18.1. The summed E-state index contributed by atoms with van der Waals surface area (Å²) in [6.45, 7) is 9.90. The van der Waals surface area contributed by atoms with E-state index in [0.717, 1.165) is 12.5 Å². The molecule has 0 fully saturated rings. The summed E-state index contributed by atoms with van der Waals surface area (Å²) in [5, 5.41) is 3.26. The van der Waals surface area contributed by atoms with Gasteiger partial charge in [-0.3, -0.25) is 0 Å². The van der Waals surface area contributed by atoms with Crippen molar-refractivity contribution in [3.05, 3.63) is 35.4 Å². The van der Waals surface area contributed by atoms with Crippen molar-refractivity contribution in [3.8, 4) is 0 Å². The number of nitrogens with zero attached hydrogens (tertiary/aromatic N) is 1. The Hall–Kier alpha value is -1.00. The lowest BCUT2D eigenvalue weighted by Gasteiger charge is -2.31. The second-order valence-electron chi connectivity index (χ2n) is 6.17. The summed E-state index contributed by atoms with van der Waals surface area (Å²) in [7, 11) is 2.04. The molecular weight excluding hydrogens is 270 g/mol. The van der Waals surface area contributed by atoms with Crippen molar-refractivity contribution in [2.45, 2.75) is 46.2 Å². The molecule has 2 unspecified atom stereocenters. The Bertz CT molecular complexity index is 435. The molecule has 2 atom stereocenters. The molecule has 0 amide bonds. The van der Waals surface area contributed by atoms with Gasteiger partial charge in [-0.15, -0.1) is 0 Å². The van der Waals surface area contributed by atoms with Gasteiger partial charge < -0.3 is 10.2 Å². The summed E-state index contributed by atoms with van der Waals surface area (Å²) in [5.74, 6) is -0.910. The van der Waals surface area contributed by atoms with Crippen LogP contribution in [0.1, 0.15) is 45.7 Å². The predicted molar refractivity (Wildman–Crippen MR) is 84.3 cm³/mol. The molecule has 0 aliphatic carbocycles. The average Bonchev–Trinajstić information content (AvgIpc) is 2.40. The third-order valence-electron chi connectivity index (χ3n) is 3.84. The van der Waals surface area contributed by atoms with Crippen LogP contribution in [-0.2, 0) is 0 Å². The molecular formula is C17H28F2N2. The maximum absolute atomic E-state index is 14.0. The van der Waals surface area contributed by atoms with E-state index < -0.39 is 11.6 Å². The van der Waals surface area contributed by atoms with Crippen LogP contribution in [0.2, 0.25) is 0 Å². The third kappa shape index (κ3) is 5.36. The molecule has 2 nitrogen and oxygen atoms in total. The first-order valence-corrected chi connectivity index (χ1v) is 7.74. The number of nitrogens with one attached hydrogen (secondary N) is 1. The Morgan fingerprint density at radius 2 is 1.86 bits per heavy atom. The molecule has 0 bridgehead atoms. The molecule has 1 aromatic rings. The summed E-state index contributed by atoms with van der Waals surface area (Å²) in [4.78, 5) is 2.21. The maximum atomic E-state index is 14.0. The molecule has 0 saturated heterocycles. The SMILES string of the molecule is CCNC(CN(C)C(C)CC(C)C)c1cccc(F)c1F. The fourth-order valence-electron chi connectivity index (χ4n) is 2.64. The monoisotopic (exact) mass is 298 g/mol. The van der Waals surface area contributed by atoms with Gasteiger partial charge in [0.15, 0.2) is 11.6 Å². The van der Waals surface area contributed by atoms with E-state index in [1.54, 1.807) is 12.1 Å². The smallest absolute Gasteiger partial charge is 0.163 e. The van der Waals surface area contributed by atoms with Crippen molar-refractivity contribution >= 4 is 0 Å². The topological polar surface area (TPSA) is 15.3 Å². The number of hydrogen-bond donors (Lipinski definition) is 1. The second kappa shape index (κ2) is 8.44. The van der Waals surface area contributed by atoms with Crippen LogP contribution in [0.4, 0.5) is 8.78 Å². The van der Waals surface area contributed by atoms with Gasteiger partial charge in [0.05, 0.1) is 0 Å². The molecule has 0 saturated carbocycles. The molecule has 1 rings (SSSR count). The number of benzene rings is 1. The molecule has 0 aliphatic rings. The van der Waals surface area contributed by atoms with Gasteiger partial charge in [-0.05, 0) is 38.9 Å². The quantitative estimate of drug-likeness (QED) is 0.781. The lowest BCUT2D eigenvalue weighted by atomic mass is 10.0. The molecule has 0 heterocycles. The zero-order valence-corrected chi connectivity index (χ0v) is 13.8. The number of rotatable bonds is 8. The minimum Gasteiger partial charge on any atom is -0.309 e. The molecule has 21 heavy (non-hydrogen) atoms. The van der Waals surface area contributed by atoms with E-state index in [0.29, 0.717) is 30.6 Å². The zero-order valence-electron chi connectivity index (χ0n) is 13.8. The van der Waals surface area contributed by atoms with Crippen molar-refractivity contribution in [1.82, 2.24) is 10.2 Å². The maximum Gasteiger partial charge on any atom is 0.163 e. The molecule has 0 aromatic heterocycles. The Morgan fingerprint density at radius 1 is 1.19 bits per heavy atom. The van der Waals surface area contributed by atoms with E-state index in [1.165, 1.54) is 0 Å². The number of halogens is 2. The highest BCUT2D eigenvalue weighted by molar-refractivity contribution is 5.23. The van der Waals surface area contributed by atoms with Gasteiger partial charge in [-0.25, -0.2) is 8.78 Å². The molecule has 0 spiro atoms. The van der Waals surface area contributed by atoms with Crippen molar-refractivity contribution < 1.29 is 8.78 Å². The van der Waals surface area contributed by atoms with Gasteiger partial charge in [-0.2, -0.15) is 0 Å². The Kier molecular flexibility index (Phi) is 7.26. The van der Waals surface area contributed by atoms with Crippen LogP contribution >= 0.6 is 0 Å². The molecule has 1 N–H and O–H groups in total. The summed E-state index contributed by atoms with van der Waals surface area (Å²) < 4.78 is 27.4. The van der Waals surface area contributed by atoms with E-state index in [9.17, 15) is 8.78 Å². The Morgan fingerprint density at radius 3 is 2.43 bits per heavy atom. The first-order chi connectivity index (χ1) is 9.86. The van der Waals surface area contributed by atoms with Gasteiger partial charge in [-0.1, -0.05) is 32.9 Å². The van der Waals surface area contributed by atoms with Crippen molar-refractivity contribution in [1.29, 1.82) is 0 Å². The van der Waals surface area contributed by atoms with Crippen LogP contribution in [-0.4, -0.2) is 31.1 Å². The molecule has 0 aliphatic heterocycles. The van der Waals surface area contributed by atoms with Crippen LogP contribution < -0.4 is 5.32 Å². The van der Waals surface area contributed by atoms with E-state index in [1.807, 2.05) is 14.0 Å². The largest absolute Gasteiger partial charge is 0.309 e. The molecule has 1 aromatic carbocycles.